The predicted molar refractivity (Wildman–Crippen MR) is 33.5 cm³/mol. The molecule has 0 aromatic heterocycles. The normalized spacial score (nSPS) is 12.0. The molecule has 1 radical (unpaired) electrons. The summed E-state index contributed by atoms with van der Waals surface area (Å²) in [5.74, 6) is 0. The average Bonchev–Trinajstić information content (AvgIpc) is 1.59. The molecule has 0 bridgehead atoms. The maximum atomic E-state index is 8.26. The van der Waals surface area contributed by atoms with Crippen LogP contribution in [0.25, 0.3) is 0 Å². The highest BCUT2D eigenvalue weighted by molar-refractivity contribution is 4.62. The Morgan fingerprint density at radius 2 is 1.88 bits per heavy atom. The Kier molecular flexibility index (Phi) is 3.02. The molecule has 0 fully saturated rings. The van der Waals surface area contributed by atoms with Gasteiger partial charge in [0.25, 0.3) is 0 Å². The van der Waals surface area contributed by atoms with Gasteiger partial charge in [-0.25, -0.2) is 5.32 Å². The molecular weight excluding hydrogens is 102 g/mol. The Morgan fingerprint density at radius 3 is 2.00 bits per heavy atom. The molecule has 0 rings (SSSR count). The van der Waals surface area contributed by atoms with Gasteiger partial charge in [0, 0.05) is 6.54 Å². The van der Waals surface area contributed by atoms with Gasteiger partial charge in [-0.3, -0.25) is 0 Å². The zero-order valence-corrected chi connectivity index (χ0v) is 5.81. The van der Waals surface area contributed by atoms with E-state index in [2.05, 4.69) is 26.1 Å². The lowest BCUT2D eigenvalue weighted by molar-refractivity contribution is 0.230. The molecule has 49 valence electrons. The van der Waals surface area contributed by atoms with E-state index in [4.69, 9.17) is 5.11 Å². The minimum atomic E-state index is -0.0444. The van der Waals surface area contributed by atoms with Crippen LogP contribution in [0.15, 0.2) is 0 Å². The number of nitrogens with zero attached hydrogens (tertiary/aromatic N) is 1. The molecule has 0 aromatic carbocycles. The lowest BCUT2D eigenvalue weighted by Crippen LogP contribution is -2.21. The van der Waals surface area contributed by atoms with E-state index in [-0.39, 0.29) is 12.1 Å². The molecule has 0 heterocycles. The molecule has 0 aromatic rings. The molecule has 2 heteroatoms. The van der Waals surface area contributed by atoms with Crippen molar-refractivity contribution in [1.29, 1.82) is 0 Å². The fourth-order valence-electron chi connectivity index (χ4n) is 0.385. The molecular formula is C6H14NO. The summed E-state index contributed by atoms with van der Waals surface area (Å²) in [5.41, 5.74) is 0.225. The number of hydrogen-bond donors (Lipinski definition) is 1. The highest BCUT2D eigenvalue weighted by Crippen LogP contribution is 2.10. The Hall–Kier alpha value is -0.0800. The summed E-state index contributed by atoms with van der Waals surface area (Å²) < 4.78 is 0. The minimum Gasteiger partial charge on any atom is -0.380 e. The third-order valence-corrected chi connectivity index (χ3v) is 0.686. The van der Waals surface area contributed by atoms with E-state index < -0.39 is 0 Å². The van der Waals surface area contributed by atoms with E-state index in [1.54, 1.807) is 0 Å². The molecule has 0 saturated heterocycles. The second-order valence-corrected chi connectivity index (χ2v) is 3.08. The molecule has 0 aliphatic rings. The standard InChI is InChI=1S/C6H14NO/c1-6(2,3)4-7-5-8/h8H,4-5H2,1-3H3. The van der Waals surface area contributed by atoms with Gasteiger partial charge in [0.15, 0.2) is 0 Å². The number of aliphatic hydroxyl groups excluding tert-OH is 1. The smallest absolute Gasteiger partial charge is 0.109 e. The van der Waals surface area contributed by atoms with Crippen molar-refractivity contribution < 1.29 is 5.11 Å². The SMILES string of the molecule is CC(C)(C)C[N]CO. The summed E-state index contributed by atoms with van der Waals surface area (Å²) in [7, 11) is 0. The molecule has 0 spiro atoms. The predicted octanol–water partition coefficient (Wildman–Crippen LogP) is 0.587. The van der Waals surface area contributed by atoms with Crippen molar-refractivity contribution in [1.82, 2.24) is 5.32 Å². The van der Waals surface area contributed by atoms with Gasteiger partial charge in [0.2, 0.25) is 0 Å². The first-order chi connectivity index (χ1) is 3.56. The molecule has 0 saturated carbocycles. The highest BCUT2D eigenvalue weighted by Gasteiger charge is 2.08. The Bertz CT molecular complexity index is 56.0. The number of aliphatic hydroxyl groups is 1. The molecule has 0 aliphatic heterocycles. The van der Waals surface area contributed by atoms with E-state index in [0.717, 1.165) is 6.54 Å². The summed E-state index contributed by atoms with van der Waals surface area (Å²) in [6.07, 6.45) is 0. The van der Waals surface area contributed by atoms with Gasteiger partial charge >= 0.3 is 0 Å². The van der Waals surface area contributed by atoms with Crippen molar-refractivity contribution in [2.45, 2.75) is 20.8 Å². The van der Waals surface area contributed by atoms with Crippen LogP contribution in [0.3, 0.4) is 0 Å². The second kappa shape index (κ2) is 3.05. The maximum Gasteiger partial charge on any atom is 0.109 e. The fraction of sp³-hybridized carbons (Fsp3) is 1.00. The van der Waals surface area contributed by atoms with Crippen LogP contribution < -0.4 is 5.32 Å². The zero-order chi connectivity index (χ0) is 6.62. The lowest BCUT2D eigenvalue weighted by Gasteiger charge is -2.15. The van der Waals surface area contributed by atoms with Gasteiger partial charge in [-0.1, -0.05) is 20.8 Å². The highest BCUT2D eigenvalue weighted by atomic mass is 16.3. The lowest BCUT2D eigenvalue weighted by atomic mass is 9.97. The summed E-state index contributed by atoms with van der Waals surface area (Å²) >= 11 is 0. The van der Waals surface area contributed by atoms with Crippen LogP contribution in [0.1, 0.15) is 20.8 Å². The molecule has 1 N–H and O–H groups in total. The Balaban J connectivity index is 3.11. The monoisotopic (exact) mass is 116 g/mol. The van der Waals surface area contributed by atoms with Crippen molar-refractivity contribution in [3.05, 3.63) is 0 Å². The molecule has 0 amide bonds. The van der Waals surface area contributed by atoms with Crippen LogP contribution in [0.5, 0.6) is 0 Å². The number of rotatable bonds is 2. The molecule has 2 nitrogen and oxygen atoms in total. The first kappa shape index (κ1) is 7.92. The van der Waals surface area contributed by atoms with Gasteiger partial charge in [-0.05, 0) is 5.41 Å². The average molecular weight is 116 g/mol. The second-order valence-electron chi connectivity index (χ2n) is 3.08. The summed E-state index contributed by atoms with van der Waals surface area (Å²) in [6, 6.07) is 0. The maximum absolute atomic E-state index is 8.26. The zero-order valence-electron chi connectivity index (χ0n) is 5.81. The largest absolute Gasteiger partial charge is 0.380 e. The van der Waals surface area contributed by atoms with E-state index in [1.807, 2.05) is 0 Å². The van der Waals surface area contributed by atoms with Crippen molar-refractivity contribution in [3.63, 3.8) is 0 Å². The third kappa shape index (κ3) is 5.92. The van der Waals surface area contributed by atoms with Gasteiger partial charge in [0.05, 0.1) is 0 Å². The third-order valence-electron chi connectivity index (χ3n) is 0.686. The van der Waals surface area contributed by atoms with Gasteiger partial charge in [-0.2, -0.15) is 0 Å². The van der Waals surface area contributed by atoms with Crippen molar-refractivity contribution in [2.75, 3.05) is 13.3 Å². The van der Waals surface area contributed by atoms with Crippen LogP contribution in [0, 0.1) is 5.41 Å². The van der Waals surface area contributed by atoms with Crippen LogP contribution in [-0.4, -0.2) is 18.4 Å². The summed E-state index contributed by atoms with van der Waals surface area (Å²) in [6.45, 7) is 6.96. The summed E-state index contributed by atoms with van der Waals surface area (Å²) in [5, 5.41) is 12.1. The van der Waals surface area contributed by atoms with Crippen molar-refractivity contribution in [3.8, 4) is 0 Å². The molecule has 8 heavy (non-hydrogen) atoms. The van der Waals surface area contributed by atoms with Crippen molar-refractivity contribution in [2.24, 2.45) is 5.41 Å². The Morgan fingerprint density at radius 1 is 1.38 bits per heavy atom. The van der Waals surface area contributed by atoms with Crippen LogP contribution in [-0.2, 0) is 0 Å². The quantitative estimate of drug-likeness (QED) is 0.563. The minimum absolute atomic E-state index is 0.0444. The topological polar surface area (TPSA) is 34.3 Å². The molecule has 0 unspecified atom stereocenters. The van der Waals surface area contributed by atoms with E-state index >= 15 is 0 Å². The van der Waals surface area contributed by atoms with Crippen LogP contribution >= 0.6 is 0 Å². The van der Waals surface area contributed by atoms with E-state index in [9.17, 15) is 0 Å². The Labute approximate surface area is 50.9 Å². The van der Waals surface area contributed by atoms with E-state index in [0.29, 0.717) is 0 Å². The van der Waals surface area contributed by atoms with Crippen LogP contribution in [0.4, 0.5) is 0 Å². The summed E-state index contributed by atoms with van der Waals surface area (Å²) in [4.78, 5) is 0. The fourth-order valence-corrected chi connectivity index (χ4v) is 0.385. The first-order valence-corrected chi connectivity index (χ1v) is 2.80. The van der Waals surface area contributed by atoms with Gasteiger partial charge in [-0.15, -0.1) is 0 Å². The van der Waals surface area contributed by atoms with Gasteiger partial charge < -0.3 is 5.11 Å². The van der Waals surface area contributed by atoms with Gasteiger partial charge in [0.1, 0.15) is 6.73 Å². The number of hydrogen-bond acceptors (Lipinski definition) is 1. The molecule has 0 aliphatic carbocycles. The van der Waals surface area contributed by atoms with Crippen molar-refractivity contribution >= 4 is 0 Å². The van der Waals surface area contributed by atoms with E-state index in [1.165, 1.54) is 0 Å². The first-order valence-electron chi connectivity index (χ1n) is 2.80. The van der Waals surface area contributed by atoms with Crippen LogP contribution in [0.2, 0.25) is 0 Å². The molecule has 0 atom stereocenters.